The van der Waals surface area contributed by atoms with Gasteiger partial charge in [-0.3, -0.25) is 4.79 Å². The lowest BCUT2D eigenvalue weighted by Crippen LogP contribution is -2.27. The molecule has 23 heavy (non-hydrogen) atoms. The number of hydrogen-bond acceptors (Lipinski definition) is 4. The molecule has 0 aliphatic carbocycles. The third-order valence-corrected chi connectivity index (χ3v) is 4.86. The fourth-order valence-corrected chi connectivity index (χ4v) is 3.58. The van der Waals surface area contributed by atoms with Crippen LogP contribution in [-0.2, 0) is 6.42 Å². The quantitative estimate of drug-likeness (QED) is 0.886. The van der Waals surface area contributed by atoms with Crippen LogP contribution in [0.4, 0.5) is 0 Å². The molecule has 1 aromatic carbocycles. The molecule has 1 aliphatic heterocycles. The van der Waals surface area contributed by atoms with Crippen molar-refractivity contribution in [1.82, 2.24) is 10.3 Å². The fraction of sp³-hybridized carbons (Fsp3) is 0.333. The number of nitrogens with one attached hydrogen (secondary N) is 1. The summed E-state index contributed by atoms with van der Waals surface area (Å²) in [5.74, 6) is 2.38. The molecule has 1 aromatic heterocycles. The summed E-state index contributed by atoms with van der Waals surface area (Å²) < 4.78 is 5.90. The van der Waals surface area contributed by atoms with E-state index in [1.807, 2.05) is 30.0 Å². The highest BCUT2D eigenvalue weighted by Crippen LogP contribution is 2.24. The van der Waals surface area contributed by atoms with Gasteiger partial charge in [-0.1, -0.05) is 30.3 Å². The first-order valence-corrected chi connectivity index (χ1v) is 9.00. The zero-order valence-electron chi connectivity index (χ0n) is 12.9. The summed E-state index contributed by atoms with van der Waals surface area (Å²) in [6, 6.07) is 13.6. The van der Waals surface area contributed by atoms with E-state index in [1.54, 1.807) is 18.3 Å². The van der Waals surface area contributed by atoms with Gasteiger partial charge in [-0.2, -0.15) is 11.8 Å². The number of thioether (sulfide) groups is 1. The van der Waals surface area contributed by atoms with Crippen molar-refractivity contribution >= 4 is 17.7 Å². The van der Waals surface area contributed by atoms with Crippen molar-refractivity contribution in [2.24, 2.45) is 0 Å². The Hall–Kier alpha value is -2.01. The predicted molar refractivity (Wildman–Crippen MR) is 93.1 cm³/mol. The number of amides is 1. The zero-order chi connectivity index (χ0) is 15.9. The second kappa shape index (κ2) is 8.02. The predicted octanol–water partition coefficient (Wildman–Crippen LogP) is 2.94. The van der Waals surface area contributed by atoms with Crippen molar-refractivity contribution in [2.45, 2.75) is 18.9 Å². The van der Waals surface area contributed by atoms with Gasteiger partial charge in [-0.15, -0.1) is 0 Å². The van der Waals surface area contributed by atoms with Crippen LogP contribution in [0, 0.1) is 0 Å². The van der Waals surface area contributed by atoms with Crippen LogP contribution in [0.3, 0.4) is 0 Å². The molecule has 0 saturated carbocycles. The molecule has 1 aliphatic rings. The highest BCUT2D eigenvalue weighted by atomic mass is 32.2. The Morgan fingerprint density at radius 3 is 2.91 bits per heavy atom. The molecule has 1 fully saturated rings. The zero-order valence-corrected chi connectivity index (χ0v) is 13.7. The maximum absolute atomic E-state index is 12.4. The van der Waals surface area contributed by atoms with Crippen molar-refractivity contribution in [3.8, 4) is 5.88 Å². The molecule has 0 bridgehead atoms. The van der Waals surface area contributed by atoms with Gasteiger partial charge in [0.15, 0.2) is 0 Å². The van der Waals surface area contributed by atoms with E-state index < -0.39 is 0 Å². The van der Waals surface area contributed by atoms with Gasteiger partial charge in [0, 0.05) is 18.5 Å². The monoisotopic (exact) mass is 328 g/mol. The molecule has 0 spiro atoms. The number of carbonyl (C=O) groups excluding carboxylic acids is 1. The van der Waals surface area contributed by atoms with E-state index >= 15 is 0 Å². The van der Waals surface area contributed by atoms with Crippen LogP contribution in [0.5, 0.6) is 5.88 Å². The minimum Gasteiger partial charge on any atom is -0.473 e. The molecular weight excluding hydrogens is 308 g/mol. The second-order valence-corrected chi connectivity index (χ2v) is 6.60. The van der Waals surface area contributed by atoms with E-state index in [0.29, 0.717) is 18.0 Å². The lowest BCUT2D eigenvalue weighted by atomic mass is 10.1. The van der Waals surface area contributed by atoms with Gasteiger partial charge < -0.3 is 10.1 Å². The van der Waals surface area contributed by atoms with E-state index in [-0.39, 0.29) is 12.0 Å². The van der Waals surface area contributed by atoms with E-state index in [9.17, 15) is 4.79 Å². The standard InChI is InChI=1S/C18H20N2O2S/c21-17(19-11-8-14-5-2-1-3-6-14)16-7-4-10-20-18(16)22-15-9-12-23-13-15/h1-7,10,15H,8-9,11-13H2,(H,19,21)/t15-/m1/s1. The van der Waals surface area contributed by atoms with Gasteiger partial charge in [0.05, 0.1) is 0 Å². The van der Waals surface area contributed by atoms with Crippen LogP contribution in [-0.4, -0.2) is 35.0 Å². The Morgan fingerprint density at radius 2 is 2.13 bits per heavy atom. The van der Waals surface area contributed by atoms with E-state index in [2.05, 4.69) is 22.4 Å². The van der Waals surface area contributed by atoms with E-state index in [4.69, 9.17) is 4.74 Å². The molecular formula is C18H20N2O2S. The van der Waals surface area contributed by atoms with Gasteiger partial charge in [-0.05, 0) is 36.3 Å². The van der Waals surface area contributed by atoms with Crippen LogP contribution >= 0.6 is 11.8 Å². The molecule has 2 aromatic rings. The average Bonchev–Trinajstić information content (AvgIpc) is 3.09. The third kappa shape index (κ3) is 4.48. The smallest absolute Gasteiger partial charge is 0.256 e. The maximum Gasteiger partial charge on any atom is 0.256 e. The second-order valence-electron chi connectivity index (χ2n) is 5.45. The van der Waals surface area contributed by atoms with E-state index in [0.717, 1.165) is 24.3 Å². The number of pyridine rings is 1. The third-order valence-electron chi connectivity index (χ3n) is 3.72. The lowest BCUT2D eigenvalue weighted by Gasteiger charge is -2.14. The number of benzene rings is 1. The van der Waals surface area contributed by atoms with Crippen molar-refractivity contribution < 1.29 is 9.53 Å². The highest BCUT2D eigenvalue weighted by Gasteiger charge is 2.21. The number of aromatic nitrogens is 1. The summed E-state index contributed by atoms with van der Waals surface area (Å²) in [6.45, 7) is 0.594. The van der Waals surface area contributed by atoms with Crippen molar-refractivity contribution in [2.75, 3.05) is 18.1 Å². The normalized spacial score (nSPS) is 17.0. The maximum atomic E-state index is 12.4. The number of nitrogens with zero attached hydrogens (tertiary/aromatic N) is 1. The fourth-order valence-electron chi connectivity index (χ4n) is 2.48. The average molecular weight is 328 g/mol. The molecule has 4 nitrogen and oxygen atoms in total. The Kier molecular flexibility index (Phi) is 5.53. The molecule has 0 unspecified atom stereocenters. The van der Waals surface area contributed by atoms with Gasteiger partial charge >= 0.3 is 0 Å². The summed E-state index contributed by atoms with van der Waals surface area (Å²) >= 11 is 1.87. The molecule has 120 valence electrons. The molecule has 0 radical (unpaired) electrons. The summed E-state index contributed by atoms with van der Waals surface area (Å²) in [5, 5.41) is 2.95. The van der Waals surface area contributed by atoms with Crippen LogP contribution in [0.2, 0.25) is 0 Å². The summed E-state index contributed by atoms with van der Waals surface area (Å²) in [6.07, 6.45) is 3.64. The van der Waals surface area contributed by atoms with Crippen LogP contribution in [0.25, 0.3) is 0 Å². The molecule has 3 rings (SSSR count). The number of ether oxygens (including phenoxy) is 1. The first-order valence-electron chi connectivity index (χ1n) is 7.84. The lowest BCUT2D eigenvalue weighted by molar-refractivity contribution is 0.0946. The minimum absolute atomic E-state index is 0.130. The van der Waals surface area contributed by atoms with Crippen LogP contribution in [0.1, 0.15) is 22.3 Å². The Balaban J connectivity index is 1.58. The van der Waals surface area contributed by atoms with Crippen molar-refractivity contribution in [3.63, 3.8) is 0 Å². The topological polar surface area (TPSA) is 51.2 Å². The summed E-state index contributed by atoms with van der Waals surface area (Å²) in [4.78, 5) is 16.6. The Morgan fingerprint density at radius 1 is 1.26 bits per heavy atom. The molecule has 1 atom stereocenters. The molecule has 1 amide bonds. The molecule has 1 saturated heterocycles. The highest BCUT2D eigenvalue weighted by molar-refractivity contribution is 7.99. The van der Waals surface area contributed by atoms with Crippen LogP contribution in [0.15, 0.2) is 48.7 Å². The molecule has 1 N–H and O–H groups in total. The van der Waals surface area contributed by atoms with Gasteiger partial charge in [0.25, 0.3) is 5.91 Å². The van der Waals surface area contributed by atoms with Gasteiger partial charge in [0.2, 0.25) is 5.88 Å². The first-order chi connectivity index (χ1) is 11.3. The number of hydrogen-bond donors (Lipinski definition) is 1. The largest absolute Gasteiger partial charge is 0.473 e. The van der Waals surface area contributed by atoms with Gasteiger partial charge in [-0.25, -0.2) is 4.98 Å². The Bertz CT molecular complexity index is 642. The summed E-state index contributed by atoms with van der Waals surface area (Å²) in [5.41, 5.74) is 1.72. The SMILES string of the molecule is O=C(NCCc1ccccc1)c1cccnc1O[C@@H]1CCSC1. The first kappa shape index (κ1) is 15.9. The summed E-state index contributed by atoms with van der Waals surface area (Å²) in [7, 11) is 0. The van der Waals surface area contributed by atoms with Gasteiger partial charge in [0.1, 0.15) is 11.7 Å². The van der Waals surface area contributed by atoms with Crippen LogP contribution < -0.4 is 10.1 Å². The van der Waals surface area contributed by atoms with Crippen molar-refractivity contribution in [1.29, 1.82) is 0 Å². The Labute approximate surface area is 140 Å². The molecule has 5 heteroatoms. The minimum atomic E-state index is -0.130. The number of carbonyl (C=O) groups is 1. The van der Waals surface area contributed by atoms with Crippen molar-refractivity contribution in [3.05, 3.63) is 59.8 Å². The molecule has 2 heterocycles. The number of rotatable bonds is 6. The van der Waals surface area contributed by atoms with E-state index in [1.165, 1.54) is 5.56 Å².